The van der Waals surface area contributed by atoms with E-state index in [4.69, 9.17) is 9.72 Å². The van der Waals surface area contributed by atoms with Crippen molar-refractivity contribution in [2.45, 2.75) is 20.0 Å². The van der Waals surface area contributed by atoms with Crippen LogP contribution in [-0.2, 0) is 16.6 Å². The van der Waals surface area contributed by atoms with E-state index in [0.717, 1.165) is 16.7 Å². The number of anilines is 1. The third kappa shape index (κ3) is 5.41. The predicted molar refractivity (Wildman–Crippen MR) is 172 cm³/mol. The molecule has 1 N–H and O–H groups in total. The van der Waals surface area contributed by atoms with Gasteiger partial charge in [0.2, 0.25) is 0 Å². The molecule has 6 aromatic rings. The molecule has 0 bridgehead atoms. The molecular formula is C36H30N4O4. The number of pyridine rings is 1. The van der Waals surface area contributed by atoms with Crippen LogP contribution in [0.15, 0.2) is 120 Å². The molecule has 0 unspecified atom stereocenters. The molecule has 8 heteroatoms. The fourth-order valence-corrected chi connectivity index (χ4v) is 5.17. The van der Waals surface area contributed by atoms with Gasteiger partial charge in [0.1, 0.15) is 5.69 Å². The van der Waals surface area contributed by atoms with Crippen LogP contribution in [-0.4, -0.2) is 32.3 Å². The molecule has 0 radical (unpaired) electrons. The maximum absolute atomic E-state index is 13.5. The molecule has 0 aliphatic carbocycles. The van der Waals surface area contributed by atoms with Crippen LogP contribution in [0.2, 0.25) is 0 Å². The minimum atomic E-state index is -1.17. The molecule has 0 aliphatic rings. The van der Waals surface area contributed by atoms with E-state index in [0.29, 0.717) is 33.5 Å². The first-order valence-corrected chi connectivity index (χ1v) is 14.2. The number of benzene rings is 4. The van der Waals surface area contributed by atoms with Gasteiger partial charge in [0.15, 0.2) is 6.10 Å². The average molecular weight is 583 g/mol. The number of para-hydroxylation sites is 2. The Morgan fingerprint density at radius 1 is 0.795 bits per heavy atom. The summed E-state index contributed by atoms with van der Waals surface area (Å²) in [4.78, 5) is 44.7. The van der Waals surface area contributed by atoms with Crippen LogP contribution in [0.5, 0.6) is 0 Å². The van der Waals surface area contributed by atoms with Gasteiger partial charge in [-0.2, -0.15) is 0 Å². The van der Waals surface area contributed by atoms with Gasteiger partial charge in [0.05, 0.1) is 28.2 Å². The number of hydrogen-bond acceptors (Lipinski definition) is 5. The summed E-state index contributed by atoms with van der Waals surface area (Å²) < 4.78 is 8.79. The Morgan fingerprint density at radius 3 is 2.09 bits per heavy atom. The van der Waals surface area contributed by atoms with Gasteiger partial charge in [-0.1, -0.05) is 91.0 Å². The zero-order valence-corrected chi connectivity index (χ0v) is 24.5. The number of rotatable bonds is 7. The van der Waals surface area contributed by atoms with E-state index in [1.54, 1.807) is 30.8 Å². The Hall–Kier alpha value is -5.76. The third-order valence-electron chi connectivity index (χ3n) is 7.68. The molecule has 0 spiro atoms. The fourth-order valence-electron chi connectivity index (χ4n) is 5.17. The van der Waals surface area contributed by atoms with E-state index < -0.39 is 18.0 Å². The lowest BCUT2D eigenvalue weighted by molar-refractivity contribution is -0.123. The van der Waals surface area contributed by atoms with Gasteiger partial charge in [-0.15, -0.1) is 0 Å². The van der Waals surface area contributed by atoms with Crippen molar-refractivity contribution >= 4 is 28.5 Å². The van der Waals surface area contributed by atoms with Gasteiger partial charge in [0, 0.05) is 18.0 Å². The number of ether oxygens (including phenoxy) is 1. The van der Waals surface area contributed by atoms with Crippen molar-refractivity contribution in [2.24, 2.45) is 7.05 Å². The number of aromatic nitrogens is 3. The first-order chi connectivity index (χ1) is 21.3. The Labute approximate surface area is 254 Å². The normalized spacial score (nSPS) is 11.7. The summed E-state index contributed by atoms with van der Waals surface area (Å²) in [6.45, 7) is 3.22. The molecule has 44 heavy (non-hydrogen) atoms. The fraction of sp³-hybridized carbons (Fsp3) is 0.111. The van der Waals surface area contributed by atoms with Crippen LogP contribution in [0, 0.1) is 6.92 Å². The van der Waals surface area contributed by atoms with Crippen molar-refractivity contribution in [3.63, 3.8) is 0 Å². The molecule has 6 rings (SSSR count). The highest BCUT2D eigenvalue weighted by Crippen LogP contribution is 2.28. The predicted octanol–water partition coefficient (Wildman–Crippen LogP) is 6.55. The molecule has 0 fully saturated rings. The monoisotopic (exact) mass is 582 g/mol. The highest BCUT2D eigenvalue weighted by molar-refractivity contribution is 6.06. The van der Waals surface area contributed by atoms with Gasteiger partial charge in [-0.05, 0) is 49.2 Å². The Balaban J connectivity index is 1.25. The quantitative estimate of drug-likeness (QED) is 0.215. The van der Waals surface area contributed by atoms with E-state index >= 15 is 0 Å². The molecule has 2 heterocycles. The summed E-state index contributed by atoms with van der Waals surface area (Å²) in [5.41, 5.74) is 5.50. The number of carbonyl (C=O) groups excluding carboxylic acids is 2. The van der Waals surface area contributed by atoms with Gasteiger partial charge in [-0.3, -0.25) is 14.3 Å². The third-order valence-corrected chi connectivity index (χ3v) is 7.68. The molecule has 218 valence electrons. The lowest BCUT2D eigenvalue weighted by atomic mass is 10.0. The SMILES string of the molecule is Cc1c(NC(=O)[C@@H](C)OC(=O)c2cc(-c3ccc(-c4ccccc4)cc3)nc3ccccc23)c(=O)n(-c2ccccc2)n1C. The van der Waals surface area contributed by atoms with E-state index in [9.17, 15) is 14.4 Å². The first kappa shape index (κ1) is 28.4. The maximum Gasteiger partial charge on any atom is 0.339 e. The first-order valence-electron chi connectivity index (χ1n) is 14.2. The van der Waals surface area contributed by atoms with Crippen molar-refractivity contribution in [3.8, 4) is 28.1 Å². The van der Waals surface area contributed by atoms with Gasteiger partial charge >= 0.3 is 5.97 Å². The summed E-state index contributed by atoms with van der Waals surface area (Å²) in [7, 11) is 1.74. The number of carbonyl (C=O) groups is 2. The Morgan fingerprint density at radius 2 is 1.39 bits per heavy atom. The van der Waals surface area contributed by atoms with E-state index in [1.165, 1.54) is 11.6 Å². The molecule has 1 amide bonds. The molecule has 0 saturated carbocycles. The van der Waals surface area contributed by atoms with Crippen LogP contribution in [0.3, 0.4) is 0 Å². The number of esters is 1. The molecule has 2 aromatic heterocycles. The van der Waals surface area contributed by atoms with Crippen molar-refractivity contribution in [3.05, 3.63) is 137 Å². The van der Waals surface area contributed by atoms with Crippen molar-refractivity contribution in [1.29, 1.82) is 0 Å². The van der Waals surface area contributed by atoms with Crippen molar-refractivity contribution < 1.29 is 14.3 Å². The van der Waals surface area contributed by atoms with Gasteiger partial charge in [-0.25, -0.2) is 14.5 Å². The minimum absolute atomic E-state index is 0.125. The zero-order chi connectivity index (χ0) is 30.8. The highest BCUT2D eigenvalue weighted by Gasteiger charge is 2.25. The van der Waals surface area contributed by atoms with Gasteiger partial charge < -0.3 is 10.1 Å². The van der Waals surface area contributed by atoms with E-state index in [-0.39, 0.29) is 11.2 Å². The van der Waals surface area contributed by atoms with E-state index in [2.05, 4.69) is 5.32 Å². The number of hydrogen-bond donors (Lipinski definition) is 1. The molecule has 1 atom stereocenters. The number of nitrogens with one attached hydrogen (secondary N) is 1. The number of amides is 1. The minimum Gasteiger partial charge on any atom is -0.449 e. The lowest BCUT2D eigenvalue weighted by Crippen LogP contribution is -2.32. The van der Waals surface area contributed by atoms with Crippen LogP contribution in [0.4, 0.5) is 5.69 Å². The number of fused-ring (bicyclic) bond motifs is 1. The average Bonchev–Trinajstić information content (AvgIpc) is 3.27. The molecule has 4 aromatic carbocycles. The number of nitrogens with zero attached hydrogens (tertiary/aromatic N) is 3. The summed E-state index contributed by atoms with van der Waals surface area (Å²) in [5, 5.41) is 3.29. The smallest absolute Gasteiger partial charge is 0.339 e. The summed E-state index contributed by atoms with van der Waals surface area (Å²) in [5.74, 6) is -1.28. The van der Waals surface area contributed by atoms with Crippen LogP contribution in [0.1, 0.15) is 23.0 Å². The molecular weight excluding hydrogens is 552 g/mol. The second-order valence-corrected chi connectivity index (χ2v) is 10.5. The maximum atomic E-state index is 13.5. The Bertz CT molecular complexity index is 2050. The van der Waals surface area contributed by atoms with Gasteiger partial charge in [0.25, 0.3) is 11.5 Å². The summed E-state index contributed by atoms with van der Waals surface area (Å²) in [6, 6.07) is 36.2. The second kappa shape index (κ2) is 11.9. The molecule has 0 saturated heterocycles. The van der Waals surface area contributed by atoms with E-state index in [1.807, 2.05) is 103 Å². The molecule has 8 nitrogen and oxygen atoms in total. The van der Waals surface area contributed by atoms with Crippen LogP contribution < -0.4 is 10.9 Å². The summed E-state index contributed by atoms with van der Waals surface area (Å²) in [6.07, 6.45) is -1.17. The zero-order valence-electron chi connectivity index (χ0n) is 24.5. The van der Waals surface area contributed by atoms with Crippen LogP contribution >= 0.6 is 0 Å². The molecule has 0 aliphatic heterocycles. The lowest BCUT2D eigenvalue weighted by Gasteiger charge is -2.15. The largest absolute Gasteiger partial charge is 0.449 e. The standard InChI is InChI=1S/C36H30N4O4/c1-23-33(35(42)40(39(23)3)28-14-8-5-9-15-28)38-34(41)24(2)44-36(43)30-22-32(37-31-17-11-10-16-29(30)31)27-20-18-26(19-21-27)25-12-6-4-7-13-25/h4-22,24H,1-3H3,(H,38,41)/t24-/m1/s1. The van der Waals surface area contributed by atoms with Crippen molar-refractivity contribution in [1.82, 2.24) is 14.3 Å². The Kier molecular flexibility index (Phi) is 7.64. The topological polar surface area (TPSA) is 95.2 Å². The highest BCUT2D eigenvalue weighted by atomic mass is 16.5. The van der Waals surface area contributed by atoms with Crippen molar-refractivity contribution in [2.75, 3.05) is 5.32 Å². The van der Waals surface area contributed by atoms with Crippen LogP contribution in [0.25, 0.3) is 39.0 Å². The second-order valence-electron chi connectivity index (χ2n) is 10.5. The summed E-state index contributed by atoms with van der Waals surface area (Å²) >= 11 is 0.